The molecule has 0 unspecified atom stereocenters. The van der Waals surface area contributed by atoms with Gasteiger partial charge in [-0.2, -0.15) is 5.26 Å². The predicted octanol–water partition coefficient (Wildman–Crippen LogP) is 4.94. The van der Waals surface area contributed by atoms with Crippen molar-refractivity contribution in [3.63, 3.8) is 0 Å². The average molecular weight is 436 g/mol. The Morgan fingerprint density at radius 3 is 2.57 bits per heavy atom. The third-order valence-corrected chi connectivity index (χ3v) is 5.92. The van der Waals surface area contributed by atoms with Crippen LogP contribution in [-0.2, 0) is 24.3 Å². The Morgan fingerprint density at radius 1 is 1.03 bits per heavy atom. The normalized spacial score (nSPS) is 13.6. The molecule has 0 spiro atoms. The van der Waals surface area contributed by atoms with E-state index in [0.29, 0.717) is 35.1 Å². The highest BCUT2D eigenvalue weighted by Gasteiger charge is 2.28. The van der Waals surface area contributed by atoms with Crippen molar-refractivity contribution < 1.29 is 4.79 Å². The first-order valence-electron chi connectivity index (χ1n) is 9.55. The molecule has 1 amide bonds. The van der Waals surface area contributed by atoms with E-state index in [1.807, 2.05) is 30.3 Å². The number of hydrogen-bond donors (Lipinski definition) is 1. The minimum atomic E-state index is -0.676. The molecular weight excluding hydrogens is 417 g/mol. The molecule has 3 aromatic carbocycles. The maximum atomic E-state index is 12.9. The Morgan fingerprint density at radius 2 is 1.80 bits per heavy atom. The zero-order chi connectivity index (χ0) is 21.3. The van der Waals surface area contributed by atoms with Crippen LogP contribution in [0.1, 0.15) is 22.3 Å². The Balaban J connectivity index is 1.48. The van der Waals surface area contributed by atoms with E-state index in [4.69, 9.17) is 34.2 Å². The van der Waals surface area contributed by atoms with Crippen molar-refractivity contribution in [1.29, 1.82) is 5.26 Å². The number of rotatable bonds is 4. The summed E-state index contributed by atoms with van der Waals surface area (Å²) in [5.41, 5.74) is 11.9. The molecule has 4 nitrogen and oxygen atoms in total. The fourth-order valence-corrected chi connectivity index (χ4v) is 4.23. The highest BCUT2D eigenvalue weighted by molar-refractivity contribution is 6.35. The maximum Gasteiger partial charge on any atom is 0.240 e. The zero-order valence-corrected chi connectivity index (χ0v) is 17.6. The number of amides is 1. The fourth-order valence-electron chi connectivity index (χ4n) is 3.74. The van der Waals surface area contributed by atoms with Gasteiger partial charge < -0.3 is 10.6 Å². The molecule has 0 fully saturated rings. The van der Waals surface area contributed by atoms with E-state index in [9.17, 15) is 4.79 Å². The number of benzene rings is 3. The second kappa shape index (κ2) is 8.49. The van der Waals surface area contributed by atoms with Crippen LogP contribution in [-0.4, -0.2) is 16.8 Å². The van der Waals surface area contributed by atoms with Crippen LogP contribution >= 0.6 is 23.2 Å². The molecule has 30 heavy (non-hydrogen) atoms. The number of nitrogens with zero attached hydrogens (tertiary/aromatic N) is 2. The van der Waals surface area contributed by atoms with Gasteiger partial charge in [-0.3, -0.25) is 4.79 Å². The van der Waals surface area contributed by atoms with E-state index in [1.165, 1.54) is 0 Å². The van der Waals surface area contributed by atoms with Crippen LogP contribution in [0, 0.1) is 11.3 Å². The number of nitrogens with two attached hydrogens (primary N) is 1. The highest BCUT2D eigenvalue weighted by atomic mass is 35.5. The average Bonchev–Trinajstić information content (AvgIpc) is 3.18. The van der Waals surface area contributed by atoms with Crippen LogP contribution in [0.5, 0.6) is 0 Å². The smallest absolute Gasteiger partial charge is 0.240 e. The molecule has 0 bridgehead atoms. The third-order valence-electron chi connectivity index (χ3n) is 5.34. The lowest BCUT2D eigenvalue weighted by Crippen LogP contribution is -2.42. The molecule has 0 aliphatic carbocycles. The van der Waals surface area contributed by atoms with Crippen molar-refractivity contribution in [2.45, 2.75) is 25.6 Å². The van der Waals surface area contributed by atoms with Gasteiger partial charge in [0.15, 0.2) is 0 Å². The summed E-state index contributed by atoms with van der Waals surface area (Å²) >= 11 is 12.2. The zero-order valence-electron chi connectivity index (χ0n) is 16.1. The Kier molecular flexibility index (Phi) is 5.78. The third kappa shape index (κ3) is 4.20. The van der Waals surface area contributed by atoms with Crippen LogP contribution in [0.2, 0.25) is 10.0 Å². The van der Waals surface area contributed by atoms with E-state index in [2.05, 4.69) is 12.1 Å². The van der Waals surface area contributed by atoms with Crippen molar-refractivity contribution in [3.05, 3.63) is 93.0 Å². The summed E-state index contributed by atoms with van der Waals surface area (Å²) in [5.74, 6) is -0.106. The van der Waals surface area contributed by atoms with Crippen LogP contribution in [0.25, 0.3) is 11.1 Å². The van der Waals surface area contributed by atoms with Gasteiger partial charge in [0.1, 0.15) is 0 Å². The van der Waals surface area contributed by atoms with Gasteiger partial charge in [0, 0.05) is 23.1 Å². The van der Waals surface area contributed by atoms with Gasteiger partial charge >= 0.3 is 0 Å². The van der Waals surface area contributed by atoms with Crippen LogP contribution < -0.4 is 5.73 Å². The lowest BCUT2D eigenvalue weighted by molar-refractivity contribution is -0.133. The SMILES string of the molecule is N#Cc1cccc(-c2ccc3c(c2)CN(C(=O)[C@H](N)Cc2ccc(Cl)cc2Cl)C3)c1. The number of carbonyl (C=O) groups is 1. The lowest BCUT2D eigenvalue weighted by atomic mass is 9.99. The van der Waals surface area contributed by atoms with Crippen LogP contribution in [0.15, 0.2) is 60.7 Å². The minimum absolute atomic E-state index is 0.106. The van der Waals surface area contributed by atoms with E-state index < -0.39 is 6.04 Å². The number of hydrogen-bond acceptors (Lipinski definition) is 3. The van der Waals surface area contributed by atoms with Gasteiger partial charge in [-0.1, -0.05) is 53.5 Å². The van der Waals surface area contributed by atoms with Crippen molar-refractivity contribution in [3.8, 4) is 17.2 Å². The molecular formula is C24H19Cl2N3O. The number of fused-ring (bicyclic) bond motifs is 1. The van der Waals surface area contributed by atoms with Crippen LogP contribution in [0.3, 0.4) is 0 Å². The first-order valence-corrected chi connectivity index (χ1v) is 10.3. The largest absolute Gasteiger partial charge is 0.333 e. The Labute approximate surface area is 185 Å². The molecule has 1 aliphatic heterocycles. The molecule has 1 atom stereocenters. The molecule has 4 rings (SSSR count). The topological polar surface area (TPSA) is 70.1 Å². The van der Waals surface area contributed by atoms with Gasteiger partial charge in [-0.25, -0.2) is 0 Å². The molecule has 150 valence electrons. The van der Waals surface area contributed by atoms with Gasteiger partial charge in [-0.05, 0) is 64.6 Å². The van der Waals surface area contributed by atoms with Crippen LogP contribution in [0.4, 0.5) is 0 Å². The summed E-state index contributed by atoms with van der Waals surface area (Å²) < 4.78 is 0. The molecule has 1 aliphatic rings. The molecule has 3 aromatic rings. The van der Waals surface area contributed by atoms with Gasteiger partial charge in [-0.15, -0.1) is 0 Å². The monoisotopic (exact) mass is 435 g/mol. The fraction of sp³-hybridized carbons (Fsp3) is 0.167. The summed E-state index contributed by atoms with van der Waals surface area (Å²) in [6, 6.07) is 20.3. The minimum Gasteiger partial charge on any atom is -0.333 e. The second-order valence-corrected chi connectivity index (χ2v) is 8.26. The highest BCUT2D eigenvalue weighted by Crippen LogP contribution is 2.30. The van der Waals surface area contributed by atoms with Gasteiger partial charge in [0.2, 0.25) is 5.91 Å². The number of carbonyl (C=O) groups excluding carboxylic acids is 1. The van der Waals surface area contributed by atoms with E-state index in [0.717, 1.165) is 27.8 Å². The molecule has 0 saturated heterocycles. The predicted molar refractivity (Wildman–Crippen MR) is 119 cm³/mol. The Bertz CT molecular complexity index is 1170. The van der Waals surface area contributed by atoms with E-state index in [-0.39, 0.29) is 5.91 Å². The second-order valence-electron chi connectivity index (χ2n) is 7.42. The number of halogens is 2. The van der Waals surface area contributed by atoms with Gasteiger partial charge in [0.05, 0.1) is 17.7 Å². The van der Waals surface area contributed by atoms with Gasteiger partial charge in [0.25, 0.3) is 0 Å². The standard InChI is InChI=1S/C24H19Cl2N3O/c25-21-7-6-18(22(26)11-21)10-23(28)24(30)29-13-19-5-4-17(9-20(19)14-29)16-3-1-2-15(8-16)12-27/h1-9,11,23H,10,13-14,28H2/t23-/m1/s1. The summed E-state index contributed by atoms with van der Waals surface area (Å²) in [5, 5.41) is 10.2. The molecule has 0 radical (unpaired) electrons. The summed E-state index contributed by atoms with van der Waals surface area (Å²) in [7, 11) is 0. The van der Waals surface area contributed by atoms with Crippen molar-refractivity contribution in [1.82, 2.24) is 4.90 Å². The quantitative estimate of drug-likeness (QED) is 0.630. The molecule has 6 heteroatoms. The number of nitriles is 1. The molecule has 0 aromatic heterocycles. The van der Waals surface area contributed by atoms with Crippen molar-refractivity contribution in [2.24, 2.45) is 5.73 Å². The van der Waals surface area contributed by atoms with E-state index >= 15 is 0 Å². The summed E-state index contributed by atoms with van der Waals surface area (Å²) in [6.07, 6.45) is 0.355. The first-order chi connectivity index (χ1) is 14.4. The van der Waals surface area contributed by atoms with Crippen molar-refractivity contribution in [2.75, 3.05) is 0 Å². The van der Waals surface area contributed by atoms with Crippen molar-refractivity contribution >= 4 is 29.1 Å². The first kappa shape index (κ1) is 20.4. The summed E-state index contributed by atoms with van der Waals surface area (Å²) in [4.78, 5) is 14.7. The Hall–Kier alpha value is -2.84. The molecule has 0 saturated carbocycles. The maximum absolute atomic E-state index is 12.9. The molecule has 2 N–H and O–H groups in total. The summed E-state index contributed by atoms with van der Waals surface area (Å²) in [6.45, 7) is 1.05. The van der Waals surface area contributed by atoms with E-state index in [1.54, 1.807) is 29.2 Å². The lowest BCUT2D eigenvalue weighted by Gasteiger charge is -2.20. The molecule has 1 heterocycles.